The van der Waals surface area contributed by atoms with Crippen molar-refractivity contribution in [1.82, 2.24) is 0 Å². The van der Waals surface area contributed by atoms with Crippen LogP contribution in [0.2, 0.25) is 0 Å². The van der Waals surface area contributed by atoms with Gasteiger partial charge >= 0.3 is 0 Å². The molecule has 0 bridgehead atoms. The minimum Gasteiger partial charge on any atom is -0.375 e. The Labute approximate surface area is 95.1 Å². The van der Waals surface area contributed by atoms with Gasteiger partial charge in [0.05, 0.1) is 12.1 Å². The third-order valence-corrected chi connectivity index (χ3v) is 4.54. The number of ether oxygens (including phenoxy) is 1. The third-order valence-electron chi connectivity index (χ3n) is 3.55. The smallest absolute Gasteiger partial charge is 0.149 e. The molecule has 0 amide bonds. The van der Waals surface area contributed by atoms with Crippen LogP contribution in [0.4, 0.5) is 0 Å². The molecule has 2 heterocycles. The minimum atomic E-state index is 0.0129. The molecule has 2 aliphatic rings. The zero-order chi connectivity index (χ0) is 10.7. The normalized spacial score (nSPS) is 30.3. The largest absolute Gasteiger partial charge is 0.375 e. The van der Waals surface area contributed by atoms with Crippen LogP contribution in [-0.4, -0.2) is 36.0 Å². The number of carbonyl (C=O) groups excluding carboxylic acids is 1. The standard InChI is InChI=1S/C11H19NO2S/c12-8-10(13)9-1-4-14-11(7-9)2-5-15-6-3-11/h9H,1-8,12H2. The Morgan fingerprint density at radius 1 is 1.47 bits per heavy atom. The van der Waals surface area contributed by atoms with E-state index in [9.17, 15) is 4.79 Å². The average molecular weight is 229 g/mol. The van der Waals surface area contributed by atoms with Crippen molar-refractivity contribution in [3.8, 4) is 0 Å². The van der Waals surface area contributed by atoms with Gasteiger partial charge in [-0.15, -0.1) is 0 Å². The van der Waals surface area contributed by atoms with Crippen LogP contribution in [-0.2, 0) is 9.53 Å². The van der Waals surface area contributed by atoms with Crippen molar-refractivity contribution in [1.29, 1.82) is 0 Å². The third kappa shape index (κ3) is 2.55. The van der Waals surface area contributed by atoms with Crippen molar-refractivity contribution in [3.05, 3.63) is 0 Å². The zero-order valence-corrected chi connectivity index (χ0v) is 9.85. The lowest BCUT2D eigenvalue weighted by Crippen LogP contribution is -2.45. The summed E-state index contributed by atoms with van der Waals surface area (Å²) in [6, 6.07) is 0. The van der Waals surface area contributed by atoms with Gasteiger partial charge in [-0.2, -0.15) is 11.8 Å². The van der Waals surface area contributed by atoms with Gasteiger partial charge in [0, 0.05) is 12.5 Å². The van der Waals surface area contributed by atoms with Gasteiger partial charge < -0.3 is 10.5 Å². The topological polar surface area (TPSA) is 52.3 Å². The molecular formula is C11H19NO2S. The van der Waals surface area contributed by atoms with E-state index >= 15 is 0 Å². The summed E-state index contributed by atoms with van der Waals surface area (Å²) in [5.74, 6) is 2.72. The van der Waals surface area contributed by atoms with Crippen molar-refractivity contribution >= 4 is 17.5 Å². The second-order valence-corrected chi connectivity index (χ2v) is 5.73. The summed E-state index contributed by atoms with van der Waals surface area (Å²) in [6.45, 7) is 0.927. The van der Waals surface area contributed by atoms with Gasteiger partial charge in [0.25, 0.3) is 0 Å². The molecule has 4 heteroatoms. The van der Waals surface area contributed by atoms with E-state index in [1.807, 2.05) is 11.8 Å². The van der Waals surface area contributed by atoms with Crippen LogP contribution in [0.5, 0.6) is 0 Å². The Morgan fingerprint density at radius 2 is 2.20 bits per heavy atom. The molecule has 2 fully saturated rings. The van der Waals surface area contributed by atoms with Crippen LogP contribution in [0.15, 0.2) is 0 Å². The van der Waals surface area contributed by atoms with Crippen molar-refractivity contribution in [2.45, 2.75) is 31.3 Å². The molecule has 2 N–H and O–H groups in total. The molecule has 1 unspecified atom stereocenters. The Bertz CT molecular complexity index is 233. The first-order chi connectivity index (χ1) is 7.26. The predicted octanol–water partition coefficient (Wildman–Crippen LogP) is 1.21. The molecule has 0 aromatic carbocycles. The highest BCUT2D eigenvalue weighted by Crippen LogP contribution is 2.39. The maximum Gasteiger partial charge on any atom is 0.149 e. The van der Waals surface area contributed by atoms with Gasteiger partial charge in [-0.3, -0.25) is 4.79 Å². The van der Waals surface area contributed by atoms with E-state index in [0.717, 1.165) is 32.3 Å². The van der Waals surface area contributed by atoms with E-state index in [1.165, 1.54) is 11.5 Å². The second kappa shape index (κ2) is 4.85. The Balaban J connectivity index is 1.99. The zero-order valence-electron chi connectivity index (χ0n) is 9.04. The highest BCUT2D eigenvalue weighted by atomic mass is 32.2. The van der Waals surface area contributed by atoms with E-state index in [4.69, 9.17) is 10.5 Å². The first kappa shape index (κ1) is 11.4. The number of Topliss-reactive ketones (excluding diaryl/α,β-unsaturated/α-hetero) is 1. The SMILES string of the molecule is NCC(=O)C1CCOC2(CCSCC2)C1. The number of ketones is 1. The maximum absolute atomic E-state index is 11.6. The molecule has 3 nitrogen and oxygen atoms in total. The van der Waals surface area contributed by atoms with Crippen LogP contribution in [0.1, 0.15) is 25.7 Å². The molecule has 2 rings (SSSR count). The molecule has 0 radical (unpaired) electrons. The van der Waals surface area contributed by atoms with Gasteiger partial charge in [-0.05, 0) is 37.2 Å². The van der Waals surface area contributed by atoms with Crippen molar-refractivity contribution < 1.29 is 9.53 Å². The van der Waals surface area contributed by atoms with Gasteiger partial charge in [-0.1, -0.05) is 0 Å². The van der Waals surface area contributed by atoms with Crippen LogP contribution in [0.3, 0.4) is 0 Å². The Kier molecular flexibility index (Phi) is 3.69. The van der Waals surface area contributed by atoms with Gasteiger partial charge in [0.15, 0.2) is 0 Å². The van der Waals surface area contributed by atoms with E-state index in [-0.39, 0.29) is 23.8 Å². The molecule has 1 atom stereocenters. The molecule has 0 aromatic rings. The summed E-state index contributed by atoms with van der Waals surface area (Å²) in [7, 11) is 0. The summed E-state index contributed by atoms with van der Waals surface area (Å²) in [6.07, 6.45) is 3.98. The van der Waals surface area contributed by atoms with E-state index in [0.29, 0.717) is 0 Å². The van der Waals surface area contributed by atoms with E-state index in [2.05, 4.69) is 0 Å². The molecule has 15 heavy (non-hydrogen) atoms. The van der Waals surface area contributed by atoms with Crippen LogP contribution < -0.4 is 5.73 Å². The maximum atomic E-state index is 11.6. The number of rotatable bonds is 2. The second-order valence-electron chi connectivity index (χ2n) is 4.50. The molecule has 0 saturated carbocycles. The minimum absolute atomic E-state index is 0.0129. The molecule has 1 spiro atoms. The fourth-order valence-corrected chi connectivity index (χ4v) is 3.80. The number of thioether (sulfide) groups is 1. The number of hydrogen-bond acceptors (Lipinski definition) is 4. The van der Waals surface area contributed by atoms with Gasteiger partial charge in [0.1, 0.15) is 5.78 Å². The molecule has 2 aliphatic heterocycles. The summed E-state index contributed by atoms with van der Waals surface area (Å²) < 4.78 is 5.92. The van der Waals surface area contributed by atoms with Crippen molar-refractivity contribution in [2.75, 3.05) is 24.7 Å². The summed E-state index contributed by atoms with van der Waals surface area (Å²) in [5.41, 5.74) is 5.44. The fraction of sp³-hybridized carbons (Fsp3) is 0.909. The van der Waals surface area contributed by atoms with Crippen LogP contribution >= 0.6 is 11.8 Å². The molecule has 0 aliphatic carbocycles. The van der Waals surface area contributed by atoms with Gasteiger partial charge in [0.2, 0.25) is 0 Å². The summed E-state index contributed by atoms with van der Waals surface area (Å²) >= 11 is 1.99. The Hall–Kier alpha value is -0.0600. The number of nitrogens with two attached hydrogens (primary N) is 1. The monoisotopic (exact) mass is 229 g/mol. The molecular weight excluding hydrogens is 210 g/mol. The van der Waals surface area contributed by atoms with E-state index in [1.54, 1.807) is 0 Å². The molecule has 86 valence electrons. The lowest BCUT2D eigenvalue weighted by atomic mass is 9.80. The predicted molar refractivity (Wildman–Crippen MR) is 62.0 cm³/mol. The van der Waals surface area contributed by atoms with Gasteiger partial charge in [-0.25, -0.2) is 0 Å². The van der Waals surface area contributed by atoms with Crippen LogP contribution in [0.25, 0.3) is 0 Å². The van der Waals surface area contributed by atoms with Crippen molar-refractivity contribution in [3.63, 3.8) is 0 Å². The van der Waals surface area contributed by atoms with Crippen LogP contribution in [0, 0.1) is 5.92 Å². The number of hydrogen-bond donors (Lipinski definition) is 1. The molecule has 0 aromatic heterocycles. The lowest BCUT2D eigenvalue weighted by Gasteiger charge is -2.42. The summed E-state index contributed by atoms with van der Waals surface area (Å²) in [4.78, 5) is 11.6. The summed E-state index contributed by atoms with van der Waals surface area (Å²) in [5, 5.41) is 0. The number of carbonyl (C=O) groups is 1. The fourth-order valence-electron chi connectivity index (χ4n) is 2.56. The lowest BCUT2D eigenvalue weighted by molar-refractivity contribution is -0.137. The highest BCUT2D eigenvalue weighted by Gasteiger charge is 2.40. The van der Waals surface area contributed by atoms with E-state index < -0.39 is 0 Å². The first-order valence-electron chi connectivity index (χ1n) is 5.70. The van der Waals surface area contributed by atoms with Crippen molar-refractivity contribution in [2.24, 2.45) is 11.7 Å². The average Bonchev–Trinajstić information content (AvgIpc) is 2.29. The Morgan fingerprint density at radius 3 is 2.87 bits per heavy atom. The highest BCUT2D eigenvalue weighted by molar-refractivity contribution is 7.99. The molecule has 2 saturated heterocycles. The quantitative estimate of drug-likeness (QED) is 0.773. The first-order valence-corrected chi connectivity index (χ1v) is 6.86.